The molecule has 2 N–H and O–H groups in total. The molecule has 0 aromatic carbocycles. The molecule has 0 unspecified atom stereocenters. The number of amides is 1. The van der Waals surface area contributed by atoms with Gasteiger partial charge in [0.2, 0.25) is 5.91 Å². The number of nitrogens with zero attached hydrogens (tertiary/aromatic N) is 4. The van der Waals surface area contributed by atoms with E-state index in [1.165, 1.54) is 19.3 Å². The van der Waals surface area contributed by atoms with E-state index in [0.29, 0.717) is 13.0 Å². The van der Waals surface area contributed by atoms with Crippen molar-refractivity contribution in [1.82, 2.24) is 15.1 Å². The number of nitrogens with two attached hydrogens (primary N) is 1. The fourth-order valence-electron chi connectivity index (χ4n) is 4.05. The van der Waals surface area contributed by atoms with Crippen molar-refractivity contribution in [2.24, 2.45) is 11.1 Å². The summed E-state index contributed by atoms with van der Waals surface area (Å²) in [5.41, 5.74) is 6.10. The first-order valence-electron chi connectivity index (χ1n) is 9.23. The average molecular weight is 331 g/mol. The molecule has 1 aliphatic heterocycles. The Hall–Kier alpha value is -1.69. The van der Waals surface area contributed by atoms with E-state index in [1.807, 2.05) is 17.0 Å². The minimum absolute atomic E-state index is 0.0478. The van der Waals surface area contributed by atoms with Crippen LogP contribution in [0.15, 0.2) is 18.3 Å². The zero-order valence-electron chi connectivity index (χ0n) is 14.5. The summed E-state index contributed by atoms with van der Waals surface area (Å²) in [6.45, 7) is 3.97. The molecule has 1 amide bonds. The van der Waals surface area contributed by atoms with Crippen LogP contribution in [0.3, 0.4) is 0 Å². The van der Waals surface area contributed by atoms with Crippen LogP contribution in [0.2, 0.25) is 0 Å². The standard InChI is InChI=1S/C18H29N5O/c19-15-18(7-2-1-3-8-18)14-17(24)23-11-5-10-22(12-13-23)16-6-4-9-20-21-16/h4,6,9H,1-3,5,7-8,10-15,19H2. The largest absolute Gasteiger partial charge is 0.353 e. The van der Waals surface area contributed by atoms with Crippen LogP contribution in [-0.2, 0) is 4.79 Å². The smallest absolute Gasteiger partial charge is 0.223 e. The Morgan fingerprint density at radius 1 is 1.12 bits per heavy atom. The Kier molecular flexibility index (Phi) is 5.66. The van der Waals surface area contributed by atoms with Gasteiger partial charge in [0.05, 0.1) is 0 Å². The molecule has 2 aliphatic rings. The summed E-state index contributed by atoms with van der Waals surface area (Å²) in [5.74, 6) is 1.18. The van der Waals surface area contributed by atoms with Gasteiger partial charge in [-0.15, -0.1) is 5.10 Å². The maximum Gasteiger partial charge on any atom is 0.223 e. The molecule has 1 aromatic rings. The van der Waals surface area contributed by atoms with Crippen LogP contribution in [0.1, 0.15) is 44.9 Å². The Labute approximate surface area is 144 Å². The molecule has 0 spiro atoms. The van der Waals surface area contributed by atoms with Crippen molar-refractivity contribution in [3.8, 4) is 0 Å². The van der Waals surface area contributed by atoms with Gasteiger partial charge in [-0.1, -0.05) is 19.3 Å². The van der Waals surface area contributed by atoms with Crippen molar-refractivity contribution < 1.29 is 4.79 Å². The first kappa shape index (κ1) is 17.1. The normalized spacial score (nSPS) is 21.4. The molecule has 0 atom stereocenters. The zero-order chi connectivity index (χ0) is 16.8. The Morgan fingerprint density at radius 3 is 2.67 bits per heavy atom. The Bertz CT molecular complexity index is 529. The van der Waals surface area contributed by atoms with Gasteiger partial charge < -0.3 is 15.5 Å². The van der Waals surface area contributed by atoms with Gasteiger partial charge in [0, 0.05) is 38.8 Å². The van der Waals surface area contributed by atoms with Crippen LogP contribution < -0.4 is 10.6 Å². The molecule has 1 aliphatic carbocycles. The molecule has 1 aromatic heterocycles. The fourth-order valence-corrected chi connectivity index (χ4v) is 4.05. The number of rotatable bonds is 4. The van der Waals surface area contributed by atoms with E-state index >= 15 is 0 Å². The van der Waals surface area contributed by atoms with Crippen molar-refractivity contribution in [3.63, 3.8) is 0 Å². The topological polar surface area (TPSA) is 75.4 Å². The summed E-state index contributed by atoms with van der Waals surface area (Å²) in [6, 6.07) is 3.89. The Morgan fingerprint density at radius 2 is 1.96 bits per heavy atom. The first-order valence-corrected chi connectivity index (χ1v) is 9.23. The summed E-state index contributed by atoms with van der Waals surface area (Å²) in [6.07, 6.45) is 9.20. The molecule has 3 rings (SSSR count). The van der Waals surface area contributed by atoms with Gasteiger partial charge in [-0.2, -0.15) is 5.10 Å². The number of carbonyl (C=O) groups excluding carboxylic acids is 1. The van der Waals surface area contributed by atoms with Crippen molar-refractivity contribution in [2.45, 2.75) is 44.9 Å². The quantitative estimate of drug-likeness (QED) is 0.911. The number of aromatic nitrogens is 2. The third-order valence-electron chi connectivity index (χ3n) is 5.60. The van der Waals surface area contributed by atoms with Gasteiger partial charge in [-0.25, -0.2) is 0 Å². The lowest BCUT2D eigenvalue weighted by atomic mass is 9.71. The van der Waals surface area contributed by atoms with Crippen LogP contribution in [0.5, 0.6) is 0 Å². The van der Waals surface area contributed by atoms with E-state index in [0.717, 1.165) is 51.3 Å². The molecule has 6 nitrogen and oxygen atoms in total. The predicted molar refractivity (Wildman–Crippen MR) is 94.6 cm³/mol. The summed E-state index contributed by atoms with van der Waals surface area (Å²) in [7, 11) is 0. The molecule has 24 heavy (non-hydrogen) atoms. The average Bonchev–Trinajstić information content (AvgIpc) is 2.89. The summed E-state index contributed by atoms with van der Waals surface area (Å²) in [4.78, 5) is 17.1. The second-order valence-corrected chi connectivity index (χ2v) is 7.24. The number of carbonyl (C=O) groups is 1. The molecule has 6 heteroatoms. The highest BCUT2D eigenvalue weighted by molar-refractivity contribution is 5.77. The molecule has 1 saturated carbocycles. The molecular weight excluding hydrogens is 302 g/mol. The van der Waals surface area contributed by atoms with E-state index in [1.54, 1.807) is 6.20 Å². The van der Waals surface area contributed by atoms with Crippen molar-refractivity contribution >= 4 is 11.7 Å². The van der Waals surface area contributed by atoms with Gasteiger partial charge in [-0.05, 0) is 43.4 Å². The van der Waals surface area contributed by atoms with Crippen LogP contribution in [0.4, 0.5) is 5.82 Å². The summed E-state index contributed by atoms with van der Waals surface area (Å²) < 4.78 is 0. The number of hydrogen-bond acceptors (Lipinski definition) is 5. The highest BCUT2D eigenvalue weighted by Crippen LogP contribution is 2.38. The van der Waals surface area contributed by atoms with E-state index in [9.17, 15) is 4.79 Å². The predicted octanol–water partition coefficient (Wildman–Crippen LogP) is 1.81. The van der Waals surface area contributed by atoms with Gasteiger partial charge in [0.25, 0.3) is 0 Å². The third kappa shape index (κ3) is 4.04. The first-order chi connectivity index (χ1) is 11.7. The molecule has 2 heterocycles. The van der Waals surface area contributed by atoms with Crippen molar-refractivity contribution in [3.05, 3.63) is 18.3 Å². The minimum Gasteiger partial charge on any atom is -0.353 e. The molecule has 1 saturated heterocycles. The highest BCUT2D eigenvalue weighted by Gasteiger charge is 2.34. The molecule has 132 valence electrons. The lowest BCUT2D eigenvalue weighted by Gasteiger charge is -2.37. The van der Waals surface area contributed by atoms with Crippen molar-refractivity contribution in [2.75, 3.05) is 37.6 Å². The van der Waals surface area contributed by atoms with Gasteiger partial charge >= 0.3 is 0 Å². The fraction of sp³-hybridized carbons (Fsp3) is 0.722. The van der Waals surface area contributed by atoms with E-state index in [4.69, 9.17) is 5.73 Å². The van der Waals surface area contributed by atoms with Crippen LogP contribution in [0.25, 0.3) is 0 Å². The summed E-state index contributed by atoms with van der Waals surface area (Å²) in [5, 5.41) is 8.14. The summed E-state index contributed by atoms with van der Waals surface area (Å²) >= 11 is 0. The van der Waals surface area contributed by atoms with Crippen LogP contribution in [-0.4, -0.2) is 53.7 Å². The van der Waals surface area contributed by atoms with Crippen LogP contribution in [0, 0.1) is 5.41 Å². The second-order valence-electron chi connectivity index (χ2n) is 7.24. The monoisotopic (exact) mass is 331 g/mol. The van der Waals surface area contributed by atoms with Gasteiger partial charge in [0.1, 0.15) is 0 Å². The lowest BCUT2D eigenvalue weighted by molar-refractivity contribution is -0.134. The lowest BCUT2D eigenvalue weighted by Crippen LogP contribution is -2.42. The number of hydrogen-bond donors (Lipinski definition) is 1. The Balaban J connectivity index is 1.58. The van der Waals surface area contributed by atoms with Gasteiger partial charge in [-0.3, -0.25) is 4.79 Å². The highest BCUT2D eigenvalue weighted by atomic mass is 16.2. The zero-order valence-corrected chi connectivity index (χ0v) is 14.5. The van der Waals surface area contributed by atoms with E-state index < -0.39 is 0 Å². The minimum atomic E-state index is 0.0478. The van der Waals surface area contributed by atoms with Crippen molar-refractivity contribution in [1.29, 1.82) is 0 Å². The van der Waals surface area contributed by atoms with E-state index in [2.05, 4.69) is 15.1 Å². The maximum atomic E-state index is 12.9. The molecule has 2 fully saturated rings. The van der Waals surface area contributed by atoms with Crippen LogP contribution >= 0.6 is 0 Å². The number of anilines is 1. The SMILES string of the molecule is NCC1(CC(=O)N2CCCN(c3cccnn3)CC2)CCCCC1. The second kappa shape index (κ2) is 7.92. The third-order valence-corrected chi connectivity index (χ3v) is 5.60. The maximum absolute atomic E-state index is 12.9. The molecular formula is C18H29N5O. The van der Waals surface area contributed by atoms with Gasteiger partial charge in [0.15, 0.2) is 5.82 Å². The molecule has 0 radical (unpaired) electrons. The molecule has 0 bridgehead atoms. The van der Waals surface area contributed by atoms with E-state index in [-0.39, 0.29) is 11.3 Å².